The Morgan fingerprint density at radius 1 is 1.21 bits per heavy atom. The number of carbonyl (C=O) groups is 1. The largest absolute Gasteiger partial charge is 0.477 e. The van der Waals surface area contributed by atoms with Crippen molar-refractivity contribution in [1.29, 1.82) is 0 Å². The molecule has 0 fully saturated rings. The number of hydrogen-bond acceptors (Lipinski definition) is 4. The Hall–Kier alpha value is -1.85. The molecule has 0 aliphatic rings. The molecule has 2 N–H and O–H groups in total. The van der Waals surface area contributed by atoms with Gasteiger partial charge < -0.3 is 10.4 Å². The summed E-state index contributed by atoms with van der Waals surface area (Å²) in [4.78, 5) is 20.3. The first-order valence-electron chi connectivity index (χ1n) is 7.60. The summed E-state index contributed by atoms with van der Waals surface area (Å²) >= 11 is 5.90. The highest BCUT2D eigenvalue weighted by Gasteiger charge is 2.20. The molecule has 24 heavy (non-hydrogen) atoms. The molecule has 0 spiro atoms. The lowest BCUT2D eigenvalue weighted by Crippen LogP contribution is -2.21. The monoisotopic (exact) mass is 369 g/mol. The highest BCUT2D eigenvalue weighted by molar-refractivity contribution is 6.30. The predicted octanol–water partition coefficient (Wildman–Crippen LogP) is 4.83. The Morgan fingerprint density at radius 3 is 2.29 bits per heavy atom. The summed E-state index contributed by atoms with van der Waals surface area (Å²) in [5, 5.41) is 13.3. The lowest BCUT2D eigenvalue weighted by molar-refractivity contribution is 0.0696. The zero-order valence-corrected chi connectivity index (χ0v) is 15.4. The van der Waals surface area contributed by atoms with Crippen molar-refractivity contribution in [3.05, 3.63) is 40.5 Å². The fraction of sp³-hybridized carbons (Fsp3) is 0.353. The topological polar surface area (TPSA) is 75.1 Å². The van der Waals surface area contributed by atoms with Crippen LogP contribution in [0.3, 0.4) is 0 Å². The molecule has 0 aliphatic carbocycles. The van der Waals surface area contributed by atoms with E-state index in [0.29, 0.717) is 22.4 Å². The van der Waals surface area contributed by atoms with E-state index < -0.39 is 5.97 Å². The van der Waals surface area contributed by atoms with Crippen LogP contribution in [0.5, 0.6) is 0 Å². The van der Waals surface area contributed by atoms with E-state index in [4.69, 9.17) is 11.6 Å². The van der Waals surface area contributed by atoms with E-state index in [0.717, 1.165) is 18.4 Å². The average Bonchev–Trinajstić information content (AvgIpc) is 2.52. The maximum atomic E-state index is 11.6. The summed E-state index contributed by atoms with van der Waals surface area (Å²) in [5.74, 6) is -0.181. The molecule has 0 saturated heterocycles. The summed E-state index contributed by atoms with van der Waals surface area (Å²) in [6, 6.07) is 7.32. The van der Waals surface area contributed by atoms with Crippen LogP contribution in [0, 0.1) is 6.92 Å². The van der Waals surface area contributed by atoms with E-state index in [-0.39, 0.29) is 24.0 Å². The van der Waals surface area contributed by atoms with Crippen LogP contribution in [0.2, 0.25) is 5.02 Å². The number of carboxylic acids is 1. The molecular weight excluding hydrogens is 349 g/mol. The molecule has 2 aromatic rings. The number of halogens is 2. The summed E-state index contributed by atoms with van der Waals surface area (Å²) in [5.41, 5.74) is 1.35. The van der Waals surface area contributed by atoms with Crippen LogP contribution in [-0.2, 0) is 0 Å². The first-order valence-corrected chi connectivity index (χ1v) is 7.98. The summed E-state index contributed by atoms with van der Waals surface area (Å²) in [6.07, 6.45) is 1.77. The molecule has 0 saturated carbocycles. The summed E-state index contributed by atoms with van der Waals surface area (Å²) < 4.78 is 0. The Bertz CT molecular complexity index is 702. The molecular formula is C17H21Cl2N3O2. The molecule has 0 unspecified atom stereocenters. The van der Waals surface area contributed by atoms with Crippen molar-refractivity contribution in [3.8, 4) is 11.4 Å². The number of aryl methyl sites for hydroxylation is 1. The molecule has 7 heteroatoms. The number of rotatable bonds is 6. The van der Waals surface area contributed by atoms with Crippen molar-refractivity contribution in [2.45, 2.75) is 39.7 Å². The van der Waals surface area contributed by atoms with Crippen molar-refractivity contribution in [2.24, 2.45) is 0 Å². The van der Waals surface area contributed by atoms with Gasteiger partial charge in [-0.3, -0.25) is 0 Å². The number of nitrogens with zero attached hydrogens (tertiary/aromatic N) is 2. The van der Waals surface area contributed by atoms with Gasteiger partial charge in [-0.05, 0) is 44.0 Å². The minimum Gasteiger partial charge on any atom is -0.477 e. The molecule has 0 radical (unpaired) electrons. The third-order valence-electron chi connectivity index (χ3n) is 3.73. The van der Waals surface area contributed by atoms with Gasteiger partial charge in [-0.2, -0.15) is 0 Å². The van der Waals surface area contributed by atoms with E-state index in [9.17, 15) is 9.90 Å². The molecule has 1 aromatic heterocycles. The number of carboxylic acid groups (broad SMARTS) is 1. The van der Waals surface area contributed by atoms with Crippen LogP contribution in [0.15, 0.2) is 24.3 Å². The maximum Gasteiger partial charge on any atom is 0.341 e. The van der Waals surface area contributed by atoms with Gasteiger partial charge in [-0.15, -0.1) is 12.4 Å². The molecule has 0 amide bonds. The Labute approximate surface area is 152 Å². The SMILES string of the molecule is CCC(CC)Nc1nc(-c2ccc(Cl)cc2)nc(C)c1C(=O)O.Cl. The molecule has 130 valence electrons. The second-order valence-electron chi connectivity index (χ2n) is 5.33. The van der Waals surface area contributed by atoms with E-state index in [1.807, 2.05) is 12.1 Å². The van der Waals surface area contributed by atoms with Gasteiger partial charge in [-0.1, -0.05) is 25.4 Å². The number of benzene rings is 1. The van der Waals surface area contributed by atoms with Crippen molar-refractivity contribution in [3.63, 3.8) is 0 Å². The summed E-state index contributed by atoms with van der Waals surface area (Å²) in [6.45, 7) is 5.79. The van der Waals surface area contributed by atoms with Crippen LogP contribution < -0.4 is 5.32 Å². The number of nitrogens with one attached hydrogen (secondary N) is 1. The van der Waals surface area contributed by atoms with Gasteiger partial charge in [0.25, 0.3) is 0 Å². The number of aromatic nitrogens is 2. The highest BCUT2D eigenvalue weighted by Crippen LogP contribution is 2.24. The Kier molecular flexibility index (Phi) is 7.45. The van der Waals surface area contributed by atoms with Crippen molar-refractivity contribution < 1.29 is 9.90 Å². The van der Waals surface area contributed by atoms with Gasteiger partial charge in [0.1, 0.15) is 11.4 Å². The van der Waals surface area contributed by atoms with E-state index in [2.05, 4.69) is 29.1 Å². The molecule has 0 atom stereocenters. The lowest BCUT2D eigenvalue weighted by Gasteiger charge is -2.18. The molecule has 1 heterocycles. The van der Waals surface area contributed by atoms with Crippen LogP contribution in [0.25, 0.3) is 11.4 Å². The molecule has 0 bridgehead atoms. The molecule has 1 aromatic carbocycles. The van der Waals surface area contributed by atoms with Crippen LogP contribution in [-0.4, -0.2) is 27.1 Å². The van der Waals surface area contributed by atoms with Gasteiger partial charge in [0.2, 0.25) is 0 Å². The fourth-order valence-electron chi connectivity index (χ4n) is 2.35. The zero-order valence-electron chi connectivity index (χ0n) is 13.8. The number of aromatic carboxylic acids is 1. The maximum absolute atomic E-state index is 11.6. The molecule has 2 rings (SSSR count). The third kappa shape index (κ3) is 4.58. The lowest BCUT2D eigenvalue weighted by atomic mass is 10.1. The number of anilines is 1. The van der Waals surface area contributed by atoms with Crippen molar-refractivity contribution in [2.75, 3.05) is 5.32 Å². The van der Waals surface area contributed by atoms with Gasteiger partial charge in [-0.25, -0.2) is 14.8 Å². The summed E-state index contributed by atoms with van der Waals surface area (Å²) in [7, 11) is 0. The second kappa shape index (κ2) is 8.85. The third-order valence-corrected chi connectivity index (χ3v) is 3.98. The fourth-order valence-corrected chi connectivity index (χ4v) is 2.47. The van der Waals surface area contributed by atoms with Crippen molar-refractivity contribution >= 4 is 35.8 Å². The van der Waals surface area contributed by atoms with E-state index in [1.54, 1.807) is 19.1 Å². The predicted molar refractivity (Wildman–Crippen MR) is 99.4 cm³/mol. The molecule has 0 aliphatic heterocycles. The standard InChI is InChI=1S/C17H20ClN3O2.ClH/c1-4-13(5-2)20-16-14(17(22)23)10(3)19-15(21-16)11-6-8-12(18)9-7-11;/h6-9,13H,4-5H2,1-3H3,(H,22,23)(H,19,20,21);1H. The van der Waals surface area contributed by atoms with Gasteiger partial charge in [0, 0.05) is 16.6 Å². The van der Waals surface area contributed by atoms with Gasteiger partial charge >= 0.3 is 5.97 Å². The van der Waals surface area contributed by atoms with Crippen LogP contribution in [0.4, 0.5) is 5.82 Å². The smallest absolute Gasteiger partial charge is 0.341 e. The normalized spacial score (nSPS) is 10.4. The van der Waals surface area contributed by atoms with Gasteiger partial charge in [0.05, 0.1) is 5.69 Å². The van der Waals surface area contributed by atoms with E-state index in [1.165, 1.54) is 0 Å². The first-order chi connectivity index (χ1) is 11.0. The number of hydrogen-bond donors (Lipinski definition) is 2. The average molecular weight is 370 g/mol. The van der Waals surface area contributed by atoms with Crippen LogP contribution >= 0.6 is 24.0 Å². The Morgan fingerprint density at radius 2 is 1.79 bits per heavy atom. The minimum atomic E-state index is -1.03. The van der Waals surface area contributed by atoms with E-state index >= 15 is 0 Å². The zero-order chi connectivity index (χ0) is 17.0. The quantitative estimate of drug-likeness (QED) is 0.762. The second-order valence-corrected chi connectivity index (χ2v) is 5.76. The molecule has 5 nitrogen and oxygen atoms in total. The van der Waals surface area contributed by atoms with Gasteiger partial charge in [0.15, 0.2) is 5.82 Å². The first kappa shape index (κ1) is 20.2. The van der Waals surface area contributed by atoms with Crippen molar-refractivity contribution in [1.82, 2.24) is 9.97 Å². The Balaban J connectivity index is 0.00000288. The van der Waals surface area contributed by atoms with Crippen LogP contribution in [0.1, 0.15) is 42.7 Å². The highest BCUT2D eigenvalue weighted by atomic mass is 35.5. The minimum absolute atomic E-state index is 0.